The van der Waals surface area contributed by atoms with Gasteiger partial charge in [0.15, 0.2) is 0 Å². The predicted octanol–water partition coefficient (Wildman–Crippen LogP) is 4.54. The zero-order valence-electron chi connectivity index (χ0n) is 20.7. The van der Waals surface area contributed by atoms with E-state index in [9.17, 15) is 0 Å². The summed E-state index contributed by atoms with van der Waals surface area (Å²) in [6.45, 7) is 19.0. The summed E-state index contributed by atoms with van der Waals surface area (Å²) < 4.78 is 0. The molecule has 0 aromatic rings. The van der Waals surface area contributed by atoms with Crippen molar-refractivity contribution < 1.29 is 0 Å². The van der Waals surface area contributed by atoms with E-state index in [4.69, 9.17) is 17.3 Å². The molecule has 0 aromatic heterocycles. The molecule has 3 atom stereocenters. The van der Waals surface area contributed by atoms with Gasteiger partial charge in [0, 0.05) is 37.3 Å². The highest BCUT2D eigenvalue weighted by Gasteiger charge is 2.40. The van der Waals surface area contributed by atoms with Crippen LogP contribution < -0.4 is 11.1 Å². The smallest absolute Gasteiger partial charge is 0.0218 e. The van der Waals surface area contributed by atoms with E-state index >= 15 is 0 Å². The Kier molecular flexibility index (Phi) is 9.73. The summed E-state index contributed by atoms with van der Waals surface area (Å²) >= 11 is 6.24. The van der Waals surface area contributed by atoms with Gasteiger partial charge in [-0.05, 0) is 93.8 Å². The van der Waals surface area contributed by atoms with Gasteiger partial charge >= 0.3 is 0 Å². The Hall–Kier alpha value is -0.130. The normalized spacial score (nSPS) is 29.8. The van der Waals surface area contributed by atoms with Gasteiger partial charge in [-0.3, -0.25) is 0 Å². The predicted molar refractivity (Wildman–Crippen MR) is 134 cm³/mol. The van der Waals surface area contributed by atoms with Crippen LogP contribution in [0.5, 0.6) is 0 Å². The van der Waals surface area contributed by atoms with Crippen molar-refractivity contribution in [2.75, 3.05) is 52.4 Å². The first-order chi connectivity index (χ1) is 14.8. The number of nitrogens with one attached hydrogen (secondary N) is 1. The molecule has 3 aliphatic rings. The fourth-order valence-corrected chi connectivity index (χ4v) is 6.54. The Balaban J connectivity index is 1.44. The van der Waals surface area contributed by atoms with Crippen molar-refractivity contribution in [1.82, 2.24) is 15.1 Å². The van der Waals surface area contributed by atoms with Crippen molar-refractivity contribution in [3.05, 3.63) is 11.1 Å². The quantitative estimate of drug-likeness (QED) is 0.538. The lowest BCUT2D eigenvalue weighted by Crippen LogP contribution is -2.53. The number of hydrogen-bond donors (Lipinski definition) is 2. The second-order valence-corrected chi connectivity index (χ2v) is 12.1. The lowest BCUT2D eigenvalue weighted by molar-refractivity contribution is 0.0117. The molecule has 5 heteroatoms. The molecule has 31 heavy (non-hydrogen) atoms. The highest BCUT2D eigenvalue weighted by molar-refractivity contribution is 6.29. The third-order valence-corrected chi connectivity index (χ3v) is 8.83. The molecule has 0 aromatic carbocycles. The molecule has 0 radical (unpaired) electrons. The Morgan fingerprint density at radius 1 is 1.13 bits per heavy atom. The molecular formula is C26H49ClN4. The van der Waals surface area contributed by atoms with E-state index in [1.54, 1.807) is 0 Å². The number of rotatable bonds is 9. The lowest BCUT2D eigenvalue weighted by atomic mass is 9.65. The van der Waals surface area contributed by atoms with Crippen LogP contribution in [0.4, 0.5) is 0 Å². The third kappa shape index (κ3) is 7.43. The molecule has 2 aliphatic heterocycles. The molecule has 4 nitrogen and oxygen atoms in total. The zero-order chi connectivity index (χ0) is 22.4. The summed E-state index contributed by atoms with van der Waals surface area (Å²) in [5.41, 5.74) is 6.23. The van der Waals surface area contributed by atoms with Crippen LogP contribution in [0.3, 0.4) is 0 Å². The first-order valence-electron chi connectivity index (χ1n) is 13.0. The lowest BCUT2D eigenvalue weighted by Gasteiger charge is -2.49. The van der Waals surface area contributed by atoms with E-state index < -0.39 is 0 Å². The number of piperidine rings is 2. The molecular weight excluding hydrogens is 404 g/mol. The molecule has 0 saturated carbocycles. The topological polar surface area (TPSA) is 44.5 Å². The van der Waals surface area contributed by atoms with E-state index in [2.05, 4.69) is 48.9 Å². The zero-order valence-corrected chi connectivity index (χ0v) is 21.5. The van der Waals surface area contributed by atoms with E-state index in [0.29, 0.717) is 17.4 Å². The molecule has 2 saturated heterocycles. The van der Waals surface area contributed by atoms with Crippen molar-refractivity contribution in [1.29, 1.82) is 0 Å². The second kappa shape index (κ2) is 11.8. The van der Waals surface area contributed by atoms with Crippen LogP contribution in [0.25, 0.3) is 0 Å². The van der Waals surface area contributed by atoms with Gasteiger partial charge in [0.05, 0.1) is 0 Å². The van der Waals surface area contributed by atoms with Gasteiger partial charge in [0.1, 0.15) is 0 Å². The first kappa shape index (κ1) is 25.5. The van der Waals surface area contributed by atoms with Crippen LogP contribution >= 0.6 is 11.6 Å². The molecule has 1 aliphatic carbocycles. The molecule has 0 bridgehead atoms. The average molecular weight is 453 g/mol. The molecule has 2 fully saturated rings. The van der Waals surface area contributed by atoms with Gasteiger partial charge in [-0.1, -0.05) is 45.4 Å². The van der Waals surface area contributed by atoms with Crippen molar-refractivity contribution in [3.8, 4) is 0 Å². The average Bonchev–Trinajstić information content (AvgIpc) is 2.74. The fraction of sp³-hybridized carbons (Fsp3) is 0.923. The molecule has 3 rings (SSSR count). The highest BCUT2D eigenvalue weighted by Crippen LogP contribution is 2.44. The van der Waals surface area contributed by atoms with Crippen molar-refractivity contribution in [2.24, 2.45) is 34.8 Å². The summed E-state index contributed by atoms with van der Waals surface area (Å²) in [4.78, 5) is 5.36. The Morgan fingerprint density at radius 2 is 1.84 bits per heavy atom. The van der Waals surface area contributed by atoms with Gasteiger partial charge in [-0.2, -0.15) is 0 Å². The Labute approximate surface area is 197 Å². The number of halogens is 1. The molecule has 2 unspecified atom stereocenters. The SMILES string of the molecule is CC(C)[C@H](CN1CCC(C2CC=C(Cl)CC2)C(C)(C)C1)NCCN1CCC(CN)CC1. The van der Waals surface area contributed by atoms with E-state index in [1.807, 2.05) is 0 Å². The summed E-state index contributed by atoms with van der Waals surface area (Å²) in [5.74, 6) is 3.06. The number of likely N-dealkylation sites (tertiary alicyclic amines) is 2. The Bertz CT molecular complexity index is 568. The fourth-order valence-electron chi connectivity index (χ4n) is 6.35. The molecule has 2 heterocycles. The van der Waals surface area contributed by atoms with Crippen LogP contribution in [-0.2, 0) is 0 Å². The van der Waals surface area contributed by atoms with Crippen molar-refractivity contribution >= 4 is 11.6 Å². The minimum Gasteiger partial charge on any atom is -0.330 e. The minimum atomic E-state index is 0.384. The summed E-state index contributed by atoms with van der Waals surface area (Å²) in [6, 6.07) is 0.574. The molecule has 3 N–H and O–H groups in total. The van der Waals surface area contributed by atoms with Gasteiger partial charge in [-0.25, -0.2) is 0 Å². The van der Waals surface area contributed by atoms with Crippen LogP contribution in [0.2, 0.25) is 0 Å². The highest BCUT2D eigenvalue weighted by atomic mass is 35.5. The molecule has 0 amide bonds. The molecule has 180 valence electrons. The van der Waals surface area contributed by atoms with Crippen molar-refractivity contribution in [3.63, 3.8) is 0 Å². The first-order valence-corrected chi connectivity index (χ1v) is 13.4. The largest absolute Gasteiger partial charge is 0.330 e. The number of nitrogens with two attached hydrogens (primary N) is 1. The van der Waals surface area contributed by atoms with Crippen LogP contribution in [-0.4, -0.2) is 68.2 Å². The summed E-state index contributed by atoms with van der Waals surface area (Å²) in [7, 11) is 0. The monoisotopic (exact) mass is 452 g/mol. The van der Waals surface area contributed by atoms with Crippen LogP contribution in [0.15, 0.2) is 11.1 Å². The van der Waals surface area contributed by atoms with Gasteiger partial charge in [0.2, 0.25) is 0 Å². The van der Waals surface area contributed by atoms with Gasteiger partial charge < -0.3 is 20.9 Å². The maximum Gasteiger partial charge on any atom is 0.0218 e. The number of hydrogen-bond acceptors (Lipinski definition) is 4. The van der Waals surface area contributed by atoms with Gasteiger partial charge in [-0.15, -0.1) is 0 Å². The molecule has 0 spiro atoms. The van der Waals surface area contributed by atoms with Crippen LogP contribution in [0.1, 0.15) is 66.2 Å². The second-order valence-electron chi connectivity index (χ2n) is 11.6. The van der Waals surface area contributed by atoms with Crippen molar-refractivity contribution in [2.45, 2.75) is 72.3 Å². The van der Waals surface area contributed by atoms with Gasteiger partial charge in [0.25, 0.3) is 0 Å². The minimum absolute atomic E-state index is 0.384. The van der Waals surface area contributed by atoms with E-state index in [1.165, 1.54) is 71.4 Å². The summed E-state index contributed by atoms with van der Waals surface area (Å²) in [5, 5.41) is 5.00. The maximum absolute atomic E-state index is 6.24. The van der Waals surface area contributed by atoms with Crippen LogP contribution in [0, 0.1) is 29.1 Å². The number of allylic oxidation sites excluding steroid dienone is 2. The summed E-state index contributed by atoms with van der Waals surface area (Å²) in [6.07, 6.45) is 9.73. The van der Waals surface area contributed by atoms with E-state index in [-0.39, 0.29) is 0 Å². The standard InChI is InChI=1S/C26H49ClN4/c1-20(2)25(29-12-16-30-13-9-21(17-28)10-14-30)18-31-15-11-24(26(3,4)19-31)22-5-7-23(27)8-6-22/h7,20-22,24-25,29H,5-6,8-19,28H2,1-4H3/t22?,24?,25-/m0/s1. The van der Waals surface area contributed by atoms with E-state index in [0.717, 1.165) is 42.3 Å². The third-order valence-electron chi connectivity index (χ3n) is 8.49. The maximum atomic E-state index is 6.24. The Morgan fingerprint density at radius 3 is 2.42 bits per heavy atom. The number of nitrogens with zero attached hydrogens (tertiary/aromatic N) is 2.